The molecule has 8 heteroatoms. The van der Waals surface area contributed by atoms with Gasteiger partial charge in [-0.1, -0.05) is 0 Å². The van der Waals surface area contributed by atoms with E-state index in [-0.39, 0.29) is 0 Å². The van der Waals surface area contributed by atoms with Crippen LogP contribution in [-0.4, -0.2) is 37.4 Å². The van der Waals surface area contributed by atoms with Crippen molar-refractivity contribution in [3.05, 3.63) is 30.2 Å². The lowest BCUT2D eigenvalue weighted by molar-refractivity contribution is 0.921. The minimum absolute atomic E-state index is 0.526. The average molecular weight is 256 g/mol. The number of hydrogen-bond acceptors (Lipinski definition) is 7. The lowest BCUT2D eigenvalue weighted by Gasteiger charge is -2.07. The predicted octanol–water partition coefficient (Wildman–Crippen LogP) is 0.797. The van der Waals surface area contributed by atoms with Crippen molar-refractivity contribution >= 4 is 22.8 Å². The van der Waals surface area contributed by atoms with Crippen molar-refractivity contribution in [3.8, 4) is 0 Å². The summed E-state index contributed by atoms with van der Waals surface area (Å²) in [6, 6.07) is 3.74. The summed E-state index contributed by atoms with van der Waals surface area (Å²) in [7, 11) is 1.77. The molecule has 0 aliphatic rings. The van der Waals surface area contributed by atoms with Crippen molar-refractivity contribution in [2.45, 2.75) is 6.54 Å². The van der Waals surface area contributed by atoms with E-state index in [4.69, 9.17) is 0 Å². The summed E-state index contributed by atoms with van der Waals surface area (Å²) >= 11 is 0. The Labute approximate surface area is 108 Å². The highest BCUT2D eigenvalue weighted by Crippen LogP contribution is 2.19. The van der Waals surface area contributed by atoms with Crippen LogP contribution in [-0.2, 0) is 6.54 Å². The average Bonchev–Trinajstić information content (AvgIpc) is 2.94. The Morgan fingerprint density at radius 1 is 1.32 bits per heavy atom. The first-order valence-electron chi connectivity index (χ1n) is 5.76. The van der Waals surface area contributed by atoms with Crippen molar-refractivity contribution < 1.29 is 0 Å². The van der Waals surface area contributed by atoms with E-state index >= 15 is 0 Å². The highest BCUT2D eigenvalue weighted by Gasteiger charge is 2.08. The number of fused-ring (bicyclic) bond motifs is 1. The number of nitrogens with zero attached hydrogens (tertiary/aromatic N) is 5. The maximum Gasteiger partial charge on any atom is 0.226 e. The molecule has 0 atom stereocenters. The molecule has 0 amide bonds. The Balaban J connectivity index is 1.89. The monoisotopic (exact) mass is 256 g/mol. The Hall–Kier alpha value is -2.77. The molecule has 96 valence electrons. The summed E-state index contributed by atoms with van der Waals surface area (Å²) < 4.78 is 0. The quantitative estimate of drug-likeness (QED) is 0.634. The molecule has 0 aliphatic carbocycles. The van der Waals surface area contributed by atoms with Crippen LogP contribution in [0.1, 0.15) is 5.69 Å². The number of nitrogens with one attached hydrogen (secondary N) is 3. The molecule has 0 unspecified atom stereocenters. The summed E-state index contributed by atoms with van der Waals surface area (Å²) in [6.07, 6.45) is 3.33. The summed E-state index contributed by atoms with van der Waals surface area (Å²) in [4.78, 5) is 8.63. The van der Waals surface area contributed by atoms with E-state index in [1.165, 1.54) is 0 Å². The zero-order chi connectivity index (χ0) is 13.1. The largest absolute Gasteiger partial charge is 0.364 e. The minimum Gasteiger partial charge on any atom is -0.364 e. The summed E-state index contributed by atoms with van der Waals surface area (Å²) in [6.45, 7) is 0.536. The Morgan fingerprint density at radius 3 is 3.05 bits per heavy atom. The molecule has 3 aromatic heterocycles. The molecule has 3 rings (SSSR count). The molecule has 0 radical (unpaired) electrons. The van der Waals surface area contributed by atoms with Gasteiger partial charge in [-0.05, 0) is 12.1 Å². The van der Waals surface area contributed by atoms with Crippen molar-refractivity contribution in [2.24, 2.45) is 0 Å². The van der Waals surface area contributed by atoms with Crippen LogP contribution in [0.5, 0.6) is 0 Å². The van der Waals surface area contributed by atoms with Gasteiger partial charge < -0.3 is 10.6 Å². The Kier molecular flexibility index (Phi) is 2.89. The van der Waals surface area contributed by atoms with E-state index in [1.807, 2.05) is 12.1 Å². The lowest BCUT2D eigenvalue weighted by atomic mass is 10.3. The normalized spacial score (nSPS) is 10.6. The second-order valence-corrected chi connectivity index (χ2v) is 3.85. The van der Waals surface area contributed by atoms with E-state index in [0.717, 1.165) is 11.1 Å². The topological polar surface area (TPSA) is 104 Å². The molecule has 0 aromatic carbocycles. The number of anilines is 2. The van der Waals surface area contributed by atoms with E-state index in [0.29, 0.717) is 24.0 Å². The molecule has 0 bridgehead atoms. The smallest absolute Gasteiger partial charge is 0.226 e. The molecule has 0 saturated carbocycles. The van der Waals surface area contributed by atoms with Gasteiger partial charge in [0, 0.05) is 13.2 Å². The van der Waals surface area contributed by atoms with E-state index in [9.17, 15) is 0 Å². The van der Waals surface area contributed by atoms with Crippen molar-refractivity contribution in [2.75, 3.05) is 17.7 Å². The second kappa shape index (κ2) is 4.84. The fourth-order valence-corrected chi connectivity index (χ4v) is 1.68. The third kappa shape index (κ3) is 2.28. The van der Waals surface area contributed by atoms with Gasteiger partial charge in [0.15, 0.2) is 5.65 Å². The number of rotatable bonds is 4. The van der Waals surface area contributed by atoms with Crippen molar-refractivity contribution in [1.29, 1.82) is 0 Å². The van der Waals surface area contributed by atoms with Gasteiger partial charge in [-0.3, -0.25) is 5.10 Å². The highest BCUT2D eigenvalue weighted by atomic mass is 15.2. The van der Waals surface area contributed by atoms with Gasteiger partial charge in [-0.2, -0.15) is 25.3 Å². The molecular formula is C11H12N8. The van der Waals surface area contributed by atoms with E-state index in [2.05, 4.69) is 41.0 Å². The van der Waals surface area contributed by atoms with Crippen LogP contribution >= 0.6 is 0 Å². The number of hydrogen-bond donors (Lipinski definition) is 3. The third-order valence-electron chi connectivity index (χ3n) is 2.60. The van der Waals surface area contributed by atoms with Gasteiger partial charge in [0.05, 0.1) is 23.8 Å². The number of aromatic nitrogens is 6. The SMILES string of the molecule is CNc1nc(NCc2cccnn2)c2cn[nH]c2n1. The number of H-pyrrole nitrogens is 1. The highest BCUT2D eigenvalue weighted by molar-refractivity contribution is 5.86. The van der Waals surface area contributed by atoms with Gasteiger partial charge in [-0.25, -0.2) is 0 Å². The minimum atomic E-state index is 0.526. The Morgan fingerprint density at radius 2 is 2.26 bits per heavy atom. The van der Waals surface area contributed by atoms with Crippen LogP contribution in [0.25, 0.3) is 11.0 Å². The standard InChI is InChI=1S/C11H12N8/c1-12-11-16-9(8-6-15-19-10(8)17-11)13-5-7-3-2-4-14-18-7/h2-4,6H,5H2,1H3,(H3,12,13,15,16,17,19). The van der Waals surface area contributed by atoms with Crippen LogP contribution < -0.4 is 10.6 Å². The zero-order valence-corrected chi connectivity index (χ0v) is 10.3. The molecular weight excluding hydrogens is 244 g/mol. The molecule has 8 nitrogen and oxygen atoms in total. The molecule has 0 spiro atoms. The second-order valence-electron chi connectivity index (χ2n) is 3.85. The molecule has 3 aromatic rings. The van der Waals surface area contributed by atoms with E-state index in [1.54, 1.807) is 19.4 Å². The molecule has 3 N–H and O–H groups in total. The first-order valence-corrected chi connectivity index (χ1v) is 5.76. The van der Waals surface area contributed by atoms with Gasteiger partial charge >= 0.3 is 0 Å². The van der Waals surface area contributed by atoms with Crippen molar-refractivity contribution in [1.82, 2.24) is 30.4 Å². The van der Waals surface area contributed by atoms with Crippen LogP contribution in [0.3, 0.4) is 0 Å². The van der Waals surface area contributed by atoms with Crippen LogP contribution in [0.4, 0.5) is 11.8 Å². The van der Waals surface area contributed by atoms with Gasteiger partial charge in [0.2, 0.25) is 5.95 Å². The van der Waals surface area contributed by atoms with Crippen molar-refractivity contribution in [3.63, 3.8) is 0 Å². The van der Waals surface area contributed by atoms with E-state index < -0.39 is 0 Å². The zero-order valence-electron chi connectivity index (χ0n) is 10.3. The van der Waals surface area contributed by atoms with Crippen LogP contribution in [0.2, 0.25) is 0 Å². The summed E-state index contributed by atoms with van der Waals surface area (Å²) in [5, 5.41) is 21.6. The summed E-state index contributed by atoms with van der Waals surface area (Å²) in [5.41, 5.74) is 1.52. The maximum absolute atomic E-state index is 4.37. The van der Waals surface area contributed by atoms with Gasteiger partial charge in [0.1, 0.15) is 5.82 Å². The van der Waals surface area contributed by atoms with Gasteiger partial charge in [-0.15, -0.1) is 0 Å². The fourth-order valence-electron chi connectivity index (χ4n) is 1.68. The molecule has 0 saturated heterocycles. The van der Waals surface area contributed by atoms with Gasteiger partial charge in [0.25, 0.3) is 0 Å². The molecule has 19 heavy (non-hydrogen) atoms. The van der Waals surface area contributed by atoms with Crippen LogP contribution in [0, 0.1) is 0 Å². The molecule has 3 heterocycles. The maximum atomic E-state index is 4.37. The van der Waals surface area contributed by atoms with Crippen LogP contribution in [0.15, 0.2) is 24.5 Å². The number of aromatic amines is 1. The Bertz CT molecular complexity index is 677. The fraction of sp³-hybridized carbons (Fsp3) is 0.182. The third-order valence-corrected chi connectivity index (χ3v) is 2.60. The first-order chi connectivity index (χ1) is 9.36. The summed E-state index contributed by atoms with van der Waals surface area (Å²) in [5.74, 6) is 1.23. The molecule has 0 aliphatic heterocycles. The first kappa shape index (κ1) is 11.3. The lowest BCUT2D eigenvalue weighted by Crippen LogP contribution is -2.06. The molecule has 0 fully saturated rings. The predicted molar refractivity (Wildman–Crippen MR) is 70.6 cm³/mol.